The molecule has 0 unspecified atom stereocenters. The summed E-state index contributed by atoms with van der Waals surface area (Å²) in [4.78, 5) is 21.2. The van der Waals surface area contributed by atoms with Crippen LogP contribution in [-0.4, -0.2) is 53.4 Å². The third kappa shape index (κ3) is 4.89. The molecule has 4 rings (SSSR count). The van der Waals surface area contributed by atoms with E-state index < -0.39 is 26.8 Å². The minimum Gasteiger partial charge on any atom is -0.359 e. The molecule has 9 nitrogen and oxygen atoms in total. The average molecular weight is 574 g/mol. The fourth-order valence-electron chi connectivity index (χ4n) is 4.31. The molecule has 2 aromatic heterocycles. The Morgan fingerprint density at radius 3 is 2.82 bits per heavy atom. The number of benzene rings is 1. The first kappa shape index (κ1) is 24.8. The SMILES string of the molecule is CNC(=O)[C@]1(C)CC[C@@H](Nc2ncc3c(Br)nn(-c4cc(Cl)c(F)c(CS(C)(=O)=O)c4)c3n2)C1. The number of sulfone groups is 1. The molecule has 2 heterocycles. The van der Waals surface area contributed by atoms with Crippen molar-refractivity contribution in [1.82, 2.24) is 25.1 Å². The van der Waals surface area contributed by atoms with Gasteiger partial charge in [0.25, 0.3) is 0 Å². The molecule has 0 spiro atoms. The van der Waals surface area contributed by atoms with E-state index in [4.69, 9.17) is 11.6 Å². The van der Waals surface area contributed by atoms with Crippen LogP contribution in [0.5, 0.6) is 0 Å². The molecule has 0 bridgehead atoms. The first-order chi connectivity index (χ1) is 15.9. The maximum atomic E-state index is 14.5. The summed E-state index contributed by atoms with van der Waals surface area (Å²) < 4.78 is 39.9. The number of anilines is 1. The first-order valence-electron chi connectivity index (χ1n) is 10.5. The van der Waals surface area contributed by atoms with Crippen LogP contribution in [-0.2, 0) is 20.4 Å². The van der Waals surface area contributed by atoms with Gasteiger partial charge in [-0.15, -0.1) is 0 Å². The molecule has 1 saturated carbocycles. The number of aromatic nitrogens is 4. The van der Waals surface area contributed by atoms with Gasteiger partial charge in [0.2, 0.25) is 11.9 Å². The van der Waals surface area contributed by atoms with Crippen molar-refractivity contribution in [3.63, 3.8) is 0 Å². The number of hydrogen-bond donors (Lipinski definition) is 2. The molecule has 34 heavy (non-hydrogen) atoms. The highest BCUT2D eigenvalue weighted by Gasteiger charge is 2.41. The lowest BCUT2D eigenvalue weighted by Gasteiger charge is -2.22. The summed E-state index contributed by atoms with van der Waals surface area (Å²) >= 11 is 9.45. The van der Waals surface area contributed by atoms with Crippen LogP contribution in [0.25, 0.3) is 16.7 Å². The number of carbonyl (C=O) groups excluding carboxylic acids is 1. The topological polar surface area (TPSA) is 119 Å². The number of halogens is 3. The van der Waals surface area contributed by atoms with Gasteiger partial charge < -0.3 is 10.6 Å². The Hall–Kier alpha value is -2.31. The molecular formula is C21H23BrClFN6O3S. The molecule has 0 saturated heterocycles. The molecule has 0 radical (unpaired) electrons. The van der Waals surface area contributed by atoms with Crippen molar-refractivity contribution in [1.29, 1.82) is 0 Å². The van der Waals surface area contributed by atoms with Gasteiger partial charge in [0.1, 0.15) is 10.4 Å². The first-order valence-corrected chi connectivity index (χ1v) is 13.7. The van der Waals surface area contributed by atoms with Crippen molar-refractivity contribution < 1.29 is 17.6 Å². The summed E-state index contributed by atoms with van der Waals surface area (Å²) in [5.41, 5.74) is 0.266. The van der Waals surface area contributed by atoms with E-state index in [1.165, 1.54) is 16.8 Å². The van der Waals surface area contributed by atoms with Gasteiger partial charge in [-0.05, 0) is 47.3 Å². The highest BCUT2D eigenvalue weighted by molar-refractivity contribution is 9.10. The Morgan fingerprint density at radius 1 is 1.41 bits per heavy atom. The van der Waals surface area contributed by atoms with Gasteiger partial charge in [-0.25, -0.2) is 22.5 Å². The summed E-state index contributed by atoms with van der Waals surface area (Å²) in [6, 6.07) is 2.77. The lowest BCUT2D eigenvalue weighted by Crippen LogP contribution is -2.35. The monoisotopic (exact) mass is 572 g/mol. The minimum atomic E-state index is -3.49. The fraction of sp³-hybridized carbons (Fsp3) is 0.429. The smallest absolute Gasteiger partial charge is 0.225 e. The van der Waals surface area contributed by atoms with Gasteiger partial charge in [-0.3, -0.25) is 4.79 Å². The Bertz CT molecular complexity index is 1400. The van der Waals surface area contributed by atoms with Gasteiger partial charge in [0, 0.05) is 36.5 Å². The van der Waals surface area contributed by atoms with E-state index in [1.54, 1.807) is 13.2 Å². The quantitative estimate of drug-likeness (QED) is 0.462. The average Bonchev–Trinajstić information content (AvgIpc) is 3.30. The highest BCUT2D eigenvalue weighted by Crippen LogP contribution is 2.39. The highest BCUT2D eigenvalue weighted by atomic mass is 79.9. The standard InChI is InChI=1S/C21H23BrClFN6O3S/c1-21(19(31)25-2)5-4-12(8-21)27-20-26-9-14-17(22)29-30(18(14)28-20)13-6-11(10-34(3,32)33)16(24)15(23)7-13/h6-7,9,12H,4-5,8,10H2,1-3H3,(H,25,31)(H,26,27,28)/t12-,21-/m1/s1. The zero-order chi connectivity index (χ0) is 24.8. The number of fused-ring (bicyclic) bond motifs is 1. The predicted molar refractivity (Wildman–Crippen MR) is 131 cm³/mol. The normalized spacial score (nSPS) is 20.6. The Kier molecular flexibility index (Phi) is 6.60. The molecule has 1 amide bonds. The van der Waals surface area contributed by atoms with E-state index in [-0.39, 0.29) is 22.5 Å². The van der Waals surface area contributed by atoms with Crippen molar-refractivity contribution in [2.45, 2.75) is 38.0 Å². The van der Waals surface area contributed by atoms with E-state index in [2.05, 4.69) is 41.6 Å². The summed E-state index contributed by atoms with van der Waals surface area (Å²) in [5.74, 6) is -0.922. The van der Waals surface area contributed by atoms with Crippen LogP contribution in [0.15, 0.2) is 22.9 Å². The molecule has 1 aliphatic carbocycles. The molecule has 3 aromatic rings. The summed E-state index contributed by atoms with van der Waals surface area (Å²) in [7, 11) is -1.86. The number of carbonyl (C=O) groups is 1. The number of amides is 1. The van der Waals surface area contributed by atoms with Gasteiger partial charge in [0.15, 0.2) is 15.5 Å². The Morgan fingerprint density at radius 2 is 2.15 bits per heavy atom. The van der Waals surface area contributed by atoms with Gasteiger partial charge in [-0.1, -0.05) is 18.5 Å². The largest absolute Gasteiger partial charge is 0.359 e. The molecule has 2 atom stereocenters. The van der Waals surface area contributed by atoms with E-state index in [9.17, 15) is 17.6 Å². The van der Waals surface area contributed by atoms with Gasteiger partial charge in [-0.2, -0.15) is 10.1 Å². The summed E-state index contributed by atoms with van der Waals surface area (Å²) in [6.45, 7) is 1.94. The summed E-state index contributed by atoms with van der Waals surface area (Å²) in [5, 5.41) is 10.8. The predicted octanol–water partition coefficient (Wildman–Crippen LogP) is 3.63. The molecule has 2 N–H and O–H groups in total. The van der Waals surface area contributed by atoms with Crippen LogP contribution in [0.3, 0.4) is 0 Å². The molecule has 1 fully saturated rings. The van der Waals surface area contributed by atoms with E-state index in [0.717, 1.165) is 19.1 Å². The van der Waals surface area contributed by atoms with E-state index in [1.807, 2.05) is 6.92 Å². The Labute approximate surface area is 209 Å². The van der Waals surface area contributed by atoms with Crippen LogP contribution in [0.4, 0.5) is 10.3 Å². The molecule has 182 valence electrons. The number of hydrogen-bond acceptors (Lipinski definition) is 7. The van der Waals surface area contributed by atoms with E-state index >= 15 is 0 Å². The number of nitrogens with one attached hydrogen (secondary N) is 2. The molecule has 0 aliphatic heterocycles. The second kappa shape index (κ2) is 9.04. The van der Waals surface area contributed by atoms with Crippen LogP contribution in [0.1, 0.15) is 31.7 Å². The molecular weight excluding hydrogens is 551 g/mol. The van der Waals surface area contributed by atoms with Crippen molar-refractivity contribution in [3.8, 4) is 5.69 Å². The molecule has 13 heteroatoms. The molecule has 1 aliphatic rings. The Balaban J connectivity index is 1.70. The molecule has 1 aromatic carbocycles. The zero-order valence-corrected chi connectivity index (χ0v) is 21.9. The third-order valence-corrected chi connectivity index (χ3v) is 7.68. The number of rotatable bonds is 6. The lowest BCUT2D eigenvalue weighted by atomic mass is 9.87. The van der Waals surface area contributed by atoms with Crippen molar-refractivity contribution >= 4 is 60.3 Å². The maximum Gasteiger partial charge on any atom is 0.225 e. The zero-order valence-electron chi connectivity index (χ0n) is 18.7. The van der Waals surface area contributed by atoms with Crippen LogP contribution >= 0.6 is 27.5 Å². The number of nitrogens with zero attached hydrogens (tertiary/aromatic N) is 4. The maximum absolute atomic E-state index is 14.5. The minimum absolute atomic E-state index is 0.00765. The van der Waals surface area contributed by atoms with Gasteiger partial charge >= 0.3 is 0 Å². The lowest BCUT2D eigenvalue weighted by molar-refractivity contribution is -0.129. The van der Waals surface area contributed by atoms with E-state index in [0.29, 0.717) is 33.7 Å². The fourth-order valence-corrected chi connectivity index (χ4v) is 5.76. The second-order valence-electron chi connectivity index (χ2n) is 8.83. The van der Waals surface area contributed by atoms with Crippen molar-refractivity contribution in [2.75, 3.05) is 18.6 Å². The third-order valence-electron chi connectivity index (χ3n) is 5.98. The van der Waals surface area contributed by atoms with Crippen LogP contribution in [0.2, 0.25) is 5.02 Å². The summed E-state index contributed by atoms with van der Waals surface area (Å²) in [6.07, 6.45) is 4.80. The van der Waals surface area contributed by atoms with Crippen molar-refractivity contribution in [2.24, 2.45) is 5.41 Å². The van der Waals surface area contributed by atoms with Crippen LogP contribution < -0.4 is 10.6 Å². The van der Waals surface area contributed by atoms with Crippen LogP contribution in [0, 0.1) is 11.2 Å². The second-order valence-corrected chi connectivity index (χ2v) is 12.1. The van der Waals surface area contributed by atoms with Gasteiger partial charge in [0.05, 0.1) is 21.8 Å². The van der Waals surface area contributed by atoms with Crippen molar-refractivity contribution in [3.05, 3.63) is 39.3 Å².